The SMILES string of the molecule is C[C@H](N[C@@H](c1ccc(-n2ccnn2)cc1)C(C)(C)C#N)C(Cc1ccc(Cl)cc1)c1cccc(C#N)c1. The number of nitrogens with zero attached hydrogens (tertiary/aromatic N) is 5. The summed E-state index contributed by atoms with van der Waals surface area (Å²) in [5.74, 6) is 0.0564. The summed E-state index contributed by atoms with van der Waals surface area (Å²) in [5, 5.41) is 32.0. The lowest BCUT2D eigenvalue weighted by Gasteiger charge is -2.36. The van der Waals surface area contributed by atoms with Gasteiger partial charge >= 0.3 is 0 Å². The van der Waals surface area contributed by atoms with Crippen LogP contribution in [0.1, 0.15) is 55.0 Å². The second-order valence-corrected chi connectivity index (χ2v) is 10.3. The molecule has 3 atom stereocenters. The summed E-state index contributed by atoms with van der Waals surface area (Å²) in [6.07, 6.45) is 4.19. The molecule has 7 heteroatoms. The summed E-state index contributed by atoms with van der Waals surface area (Å²) in [6.45, 7) is 6.05. The van der Waals surface area contributed by atoms with E-state index in [-0.39, 0.29) is 18.0 Å². The average molecular weight is 509 g/mol. The van der Waals surface area contributed by atoms with Gasteiger partial charge in [0.25, 0.3) is 0 Å². The van der Waals surface area contributed by atoms with Gasteiger partial charge in [-0.2, -0.15) is 10.5 Å². The normalized spacial score (nSPS) is 13.8. The molecule has 4 aromatic rings. The minimum atomic E-state index is -0.678. The van der Waals surface area contributed by atoms with Crippen LogP contribution in [0.3, 0.4) is 0 Å². The van der Waals surface area contributed by atoms with E-state index in [0.29, 0.717) is 10.6 Å². The van der Waals surface area contributed by atoms with Crippen molar-refractivity contribution in [2.24, 2.45) is 5.41 Å². The first-order valence-electron chi connectivity index (χ1n) is 12.2. The molecule has 0 aliphatic carbocycles. The molecule has 0 aliphatic rings. The highest BCUT2D eigenvalue weighted by Gasteiger charge is 2.34. The summed E-state index contributed by atoms with van der Waals surface area (Å²) in [7, 11) is 0. The van der Waals surface area contributed by atoms with Gasteiger partial charge in [-0.3, -0.25) is 0 Å². The van der Waals surface area contributed by atoms with Gasteiger partial charge in [-0.25, -0.2) is 4.68 Å². The van der Waals surface area contributed by atoms with Crippen LogP contribution in [0.5, 0.6) is 0 Å². The third-order valence-electron chi connectivity index (χ3n) is 6.77. The van der Waals surface area contributed by atoms with E-state index >= 15 is 0 Å². The zero-order valence-corrected chi connectivity index (χ0v) is 21.9. The molecule has 0 saturated heterocycles. The van der Waals surface area contributed by atoms with E-state index in [0.717, 1.165) is 28.8 Å². The Balaban J connectivity index is 1.67. The van der Waals surface area contributed by atoms with Gasteiger partial charge in [-0.1, -0.05) is 53.2 Å². The Hall–Kier alpha value is -3.97. The van der Waals surface area contributed by atoms with E-state index in [1.165, 1.54) is 0 Å². The Morgan fingerprint density at radius 1 is 1.00 bits per heavy atom. The van der Waals surface area contributed by atoms with E-state index in [4.69, 9.17) is 11.6 Å². The number of nitriles is 2. The maximum absolute atomic E-state index is 10.1. The van der Waals surface area contributed by atoms with Gasteiger partial charge in [0.1, 0.15) is 0 Å². The van der Waals surface area contributed by atoms with E-state index in [9.17, 15) is 10.5 Å². The van der Waals surface area contributed by atoms with E-state index in [1.54, 1.807) is 17.1 Å². The van der Waals surface area contributed by atoms with Gasteiger partial charge in [0.2, 0.25) is 0 Å². The zero-order valence-electron chi connectivity index (χ0n) is 21.1. The molecule has 1 unspecified atom stereocenters. The second kappa shape index (κ2) is 11.4. The maximum Gasteiger partial charge on any atom is 0.0991 e. The fraction of sp³-hybridized carbons (Fsp3) is 0.267. The summed E-state index contributed by atoms with van der Waals surface area (Å²) in [4.78, 5) is 0. The molecule has 4 rings (SSSR count). The topological polar surface area (TPSA) is 90.3 Å². The van der Waals surface area contributed by atoms with Crippen molar-refractivity contribution in [2.75, 3.05) is 0 Å². The molecular formula is C30H29ClN6. The molecule has 0 fully saturated rings. The van der Waals surface area contributed by atoms with Crippen LogP contribution >= 0.6 is 11.6 Å². The van der Waals surface area contributed by atoms with Gasteiger partial charge < -0.3 is 5.32 Å². The first-order chi connectivity index (χ1) is 17.8. The Labute approximate surface area is 223 Å². The van der Waals surface area contributed by atoms with E-state index in [2.05, 4.69) is 40.8 Å². The van der Waals surface area contributed by atoms with Gasteiger partial charge in [0.15, 0.2) is 0 Å². The van der Waals surface area contributed by atoms with Crippen molar-refractivity contribution in [3.63, 3.8) is 0 Å². The summed E-state index contributed by atoms with van der Waals surface area (Å²) < 4.78 is 1.70. The summed E-state index contributed by atoms with van der Waals surface area (Å²) in [6, 6.07) is 28.2. The van der Waals surface area contributed by atoms with Crippen LogP contribution in [0, 0.1) is 28.1 Å². The molecule has 0 saturated carbocycles. The van der Waals surface area contributed by atoms with Crippen molar-refractivity contribution in [2.45, 2.75) is 45.2 Å². The third kappa shape index (κ3) is 6.24. The smallest absolute Gasteiger partial charge is 0.0991 e. The number of benzene rings is 3. The maximum atomic E-state index is 10.1. The van der Waals surface area contributed by atoms with Gasteiger partial charge in [-0.15, -0.1) is 5.10 Å². The van der Waals surface area contributed by atoms with E-state index in [1.807, 2.05) is 80.6 Å². The number of hydrogen-bond donors (Lipinski definition) is 1. The molecule has 0 radical (unpaired) electrons. The standard InChI is InChI=1S/C30H29ClN6/c1-21(28(18-22-7-11-26(31)12-8-22)25-6-4-5-23(17-25)19-32)35-29(30(2,3)20-33)24-9-13-27(14-10-24)37-16-15-34-36-37/h4-17,21,28-29,35H,18H2,1-3H3/t21-,28?,29-/m0/s1. The minimum Gasteiger partial charge on any atom is -0.305 e. The van der Waals surface area contributed by atoms with Gasteiger partial charge in [-0.05, 0) is 80.3 Å². The molecule has 186 valence electrons. The fourth-order valence-electron chi connectivity index (χ4n) is 4.63. The van der Waals surface area contributed by atoms with Crippen LogP contribution in [0.4, 0.5) is 0 Å². The Morgan fingerprint density at radius 3 is 2.35 bits per heavy atom. The van der Waals surface area contributed by atoms with Crippen molar-refractivity contribution in [3.05, 3.63) is 112 Å². The first kappa shape index (κ1) is 26.1. The van der Waals surface area contributed by atoms with Crippen LogP contribution < -0.4 is 5.32 Å². The van der Waals surface area contributed by atoms with Crippen molar-refractivity contribution in [3.8, 4) is 17.8 Å². The molecule has 0 spiro atoms. The Kier molecular flexibility index (Phi) is 8.04. The monoisotopic (exact) mass is 508 g/mol. The number of nitrogens with one attached hydrogen (secondary N) is 1. The first-order valence-corrected chi connectivity index (χ1v) is 12.6. The van der Waals surface area contributed by atoms with E-state index < -0.39 is 5.41 Å². The van der Waals surface area contributed by atoms with Gasteiger partial charge in [0.05, 0.1) is 47.2 Å². The quantitative estimate of drug-likeness (QED) is 0.283. The molecule has 3 aromatic carbocycles. The lowest BCUT2D eigenvalue weighted by molar-refractivity contribution is 0.281. The lowest BCUT2D eigenvalue weighted by Crippen LogP contribution is -2.42. The third-order valence-corrected chi connectivity index (χ3v) is 7.02. The predicted octanol–water partition coefficient (Wildman–Crippen LogP) is 6.39. The highest BCUT2D eigenvalue weighted by Crippen LogP contribution is 2.36. The number of halogens is 1. The molecule has 0 bridgehead atoms. The van der Waals surface area contributed by atoms with Crippen molar-refractivity contribution >= 4 is 11.6 Å². The molecule has 1 N–H and O–H groups in total. The predicted molar refractivity (Wildman–Crippen MR) is 145 cm³/mol. The highest BCUT2D eigenvalue weighted by molar-refractivity contribution is 6.30. The number of aromatic nitrogens is 3. The lowest BCUT2D eigenvalue weighted by atomic mass is 9.79. The fourth-order valence-corrected chi connectivity index (χ4v) is 4.75. The molecular weight excluding hydrogens is 480 g/mol. The van der Waals surface area contributed by atoms with Crippen LogP contribution in [0.25, 0.3) is 5.69 Å². The van der Waals surface area contributed by atoms with Crippen molar-refractivity contribution < 1.29 is 0 Å². The number of hydrogen-bond acceptors (Lipinski definition) is 5. The molecule has 6 nitrogen and oxygen atoms in total. The number of rotatable bonds is 9. The minimum absolute atomic E-state index is 0.0164. The van der Waals surface area contributed by atoms with Crippen LogP contribution in [-0.2, 0) is 6.42 Å². The Morgan fingerprint density at radius 2 is 1.73 bits per heavy atom. The molecule has 0 amide bonds. The zero-order chi connectivity index (χ0) is 26.4. The molecule has 1 heterocycles. The summed E-state index contributed by atoms with van der Waals surface area (Å²) >= 11 is 6.13. The largest absolute Gasteiger partial charge is 0.305 e. The average Bonchev–Trinajstić information content (AvgIpc) is 3.46. The molecule has 37 heavy (non-hydrogen) atoms. The molecule has 0 aliphatic heterocycles. The van der Waals surface area contributed by atoms with Crippen LogP contribution in [0.15, 0.2) is 85.2 Å². The second-order valence-electron chi connectivity index (χ2n) is 9.84. The van der Waals surface area contributed by atoms with Crippen molar-refractivity contribution in [1.82, 2.24) is 20.3 Å². The van der Waals surface area contributed by atoms with Crippen LogP contribution in [-0.4, -0.2) is 21.0 Å². The van der Waals surface area contributed by atoms with Crippen LogP contribution in [0.2, 0.25) is 5.02 Å². The molecule has 1 aromatic heterocycles. The van der Waals surface area contributed by atoms with Crippen molar-refractivity contribution in [1.29, 1.82) is 10.5 Å². The Bertz CT molecular complexity index is 1400. The van der Waals surface area contributed by atoms with Gasteiger partial charge in [0, 0.05) is 17.0 Å². The summed E-state index contributed by atoms with van der Waals surface area (Å²) in [5.41, 5.74) is 4.09. The highest BCUT2D eigenvalue weighted by atomic mass is 35.5.